The third-order valence-electron chi connectivity index (χ3n) is 3.93. The molecule has 0 saturated carbocycles. The van der Waals surface area contributed by atoms with Gasteiger partial charge in [0, 0.05) is 12.0 Å². The Bertz CT molecular complexity index is 680. The lowest BCUT2D eigenvalue weighted by Crippen LogP contribution is -2.54. The van der Waals surface area contributed by atoms with Crippen molar-refractivity contribution in [2.24, 2.45) is 0 Å². The number of anilines is 1. The van der Waals surface area contributed by atoms with Gasteiger partial charge in [-0.25, -0.2) is 0 Å². The Morgan fingerprint density at radius 3 is 2.56 bits per heavy atom. The Hall–Kier alpha value is -2.37. The molecular weight excluding hydrogens is 322 g/mol. The maximum atomic E-state index is 12.7. The van der Waals surface area contributed by atoms with E-state index in [2.05, 4.69) is 0 Å². The van der Waals surface area contributed by atoms with Gasteiger partial charge in [0.2, 0.25) is 0 Å². The predicted octanol–water partition coefficient (Wildman–Crippen LogP) is 3.13. The van der Waals surface area contributed by atoms with Gasteiger partial charge in [0.05, 0.1) is 12.3 Å². The Morgan fingerprint density at radius 1 is 1.20 bits per heavy atom. The highest BCUT2D eigenvalue weighted by Crippen LogP contribution is 2.38. The third kappa shape index (κ3) is 4.18. The van der Waals surface area contributed by atoms with Crippen LogP contribution in [-0.4, -0.2) is 36.4 Å². The van der Waals surface area contributed by atoms with Crippen LogP contribution < -0.4 is 9.64 Å². The fourth-order valence-electron chi connectivity index (χ4n) is 2.66. The lowest BCUT2D eigenvalue weighted by molar-refractivity contribution is -0.144. The van der Waals surface area contributed by atoms with Crippen molar-refractivity contribution in [1.82, 2.24) is 0 Å². The number of ketones is 1. The van der Waals surface area contributed by atoms with Crippen LogP contribution in [0.1, 0.15) is 57.3 Å². The minimum absolute atomic E-state index is 0.00362. The Labute approximate surface area is 148 Å². The first-order valence-corrected chi connectivity index (χ1v) is 8.64. The molecule has 0 radical (unpaired) electrons. The quantitative estimate of drug-likeness (QED) is 0.560. The van der Waals surface area contributed by atoms with Crippen LogP contribution in [0.2, 0.25) is 0 Å². The summed E-state index contributed by atoms with van der Waals surface area (Å²) in [5.41, 5.74) is -0.157. The monoisotopic (exact) mass is 347 g/mol. The van der Waals surface area contributed by atoms with E-state index in [1.165, 1.54) is 4.90 Å². The summed E-state index contributed by atoms with van der Waals surface area (Å²) in [7, 11) is 0. The molecule has 1 aliphatic rings. The highest BCUT2D eigenvalue weighted by molar-refractivity contribution is 6.06. The molecule has 0 unspecified atom stereocenters. The zero-order valence-corrected chi connectivity index (χ0v) is 15.3. The van der Waals surface area contributed by atoms with Crippen molar-refractivity contribution in [3.63, 3.8) is 0 Å². The lowest BCUT2D eigenvalue weighted by atomic mass is 10.0. The number of hydrogen-bond donors (Lipinski definition) is 0. The van der Waals surface area contributed by atoms with E-state index in [1.54, 1.807) is 32.0 Å². The van der Waals surface area contributed by atoms with Gasteiger partial charge in [-0.15, -0.1) is 0 Å². The van der Waals surface area contributed by atoms with E-state index in [9.17, 15) is 14.4 Å². The van der Waals surface area contributed by atoms with Crippen LogP contribution in [0.15, 0.2) is 18.2 Å². The van der Waals surface area contributed by atoms with E-state index < -0.39 is 11.6 Å². The molecule has 1 aromatic carbocycles. The SMILES string of the molecule is CCCOC(=O)CN1C(=O)C(C)(C)Oc2ccc(C(=O)CCC)cc21. The molecule has 0 spiro atoms. The molecule has 1 heterocycles. The summed E-state index contributed by atoms with van der Waals surface area (Å²) in [5, 5.41) is 0. The fraction of sp³-hybridized carbons (Fsp3) is 0.526. The Balaban J connectivity index is 2.37. The summed E-state index contributed by atoms with van der Waals surface area (Å²) in [6.07, 6.45) is 1.88. The molecule has 136 valence electrons. The molecule has 1 aliphatic heterocycles. The molecule has 0 N–H and O–H groups in total. The zero-order chi connectivity index (χ0) is 18.6. The number of Topliss-reactive ketones (excluding diaryl/α,β-unsaturated/α-hetero) is 1. The highest BCUT2D eigenvalue weighted by atomic mass is 16.5. The number of rotatable bonds is 7. The second-order valence-corrected chi connectivity index (χ2v) is 6.58. The third-order valence-corrected chi connectivity index (χ3v) is 3.93. The van der Waals surface area contributed by atoms with E-state index >= 15 is 0 Å². The molecule has 0 bridgehead atoms. The number of amides is 1. The number of carbonyl (C=O) groups is 3. The first-order valence-electron chi connectivity index (χ1n) is 8.64. The standard InChI is InChI=1S/C19H25NO5/c1-5-7-15(21)13-8-9-16-14(11-13)20(12-17(22)24-10-6-2)18(23)19(3,4)25-16/h8-9,11H,5-7,10,12H2,1-4H3. The van der Waals surface area contributed by atoms with Crippen molar-refractivity contribution in [1.29, 1.82) is 0 Å². The largest absolute Gasteiger partial charge is 0.476 e. The fourth-order valence-corrected chi connectivity index (χ4v) is 2.66. The van der Waals surface area contributed by atoms with E-state index in [0.717, 1.165) is 6.42 Å². The molecule has 1 aromatic rings. The minimum atomic E-state index is -1.09. The lowest BCUT2D eigenvalue weighted by Gasteiger charge is -2.38. The second kappa shape index (κ2) is 7.68. The van der Waals surface area contributed by atoms with Gasteiger partial charge >= 0.3 is 5.97 Å². The van der Waals surface area contributed by atoms with Crippen molar-refractivity contribution < 1.29 is 23.9 Å². The second-order valence-electron chi connectivity index (χ2n) is 6.58. The predicted molar refractivity (Wildman–Crippen MR) is 94.0 cm³/mol. The van der Waals surface area contributed by atoms with Crippen molar-refractivity contribution in [3.8, 4) is 5.75 Å². The van der Waals surface area contributed by atoms with Crippen LogP contribution in [0.4, 0.5) is 5.69 Å². The molecule has 0 fully saturated rings. The summed E-state index contributed by atoms with van der Waals surface area (Å²) < 4.78 is 10.9. The van der Waals surface area contributed by atoms with Gasteiger partial charge < -0.3 is 9.47 Å². The maximum absolute atomic E-state index is 12.7. The smallest absolute Gasteiger partial charge is 0.326 e. The van der Waals surface area contributed by atoms with Crippen LogP contribution in [0.5, 0.6) is 5.75 Å². The van der Waals surface area contributed by atoms with Crippen molar-refractivity contribution in [3.05, 3.63) is 23.8 Å². The Kier molecular flexibility index (Phi) is 5.82. The topological polar surface area (TPSA) is 72.9 Å². The first kappa shape index (κ1) is 19.0. The zero-order valence-electron chi connectivity index (χ0n) is 15.3. The minimum Gasteiger partial charge on any atom is -0.476 e. The van der Waals surface area contributed by atoms with Crippen LogP contribution in [0.3, 0.4) is 0 Å². The molecular formula is C19H25NO5. The molecule has 0 atom stereocenters. The number of nitrogens with zero attached hydrogens (tertiary/aromatic N) is 1. The van der Waals surface area contributed by atoms with Gasteiger partial charge in [0.15, 0.2) is 11.4 Å². The molecule has 2 rings (SSSR count). The van der Waals surface area contributed by atoms with Gasteiger partial charge in [0.1, 0.15) is 12.3 Å². The van der Waals surface area contributed by atoms with Gasteiger partial charge in [-0.05, 0) is 44.9 Å². The summed E-state index contributed by atoms with van der Waals surface area (Å²) >= 11 is 0. The number of fused-ring (bicyclic) bond motifs is 1. The summed E-state index contributed by atoms with van der Waals surface area (Å²) in [4.78, 5) is 38.3. The van der Waals surface area contributed by atoms with Gasteiger partial charge in [-0.3, -0.25) is 19.3 Å². The summed E-state index contributed by atoms with van der Waals surface area (Å²) in [5.74, 6) is -0.352. The number of hydrogen-bond acceptors (Lipinski definition) is 5. The van der Waals surface area contributed by atoms with E-state index in [1.807, 2.05) is 13.8 Å². The molecule has 25 heavy (non-hydrogen) atoms. The normalized spacial score (nSPS) is 15.4. The van der Waals surface area contributed by atoms with Crippen molar-refractivity contribution in [2.45, 2.75) is 52.6 Å². The van der Waals surface area contributed by atoms with Crippen LogP contribution in [0, 0.1) is 0 Å². The summed E-state index contributed by atoms with van der Waals surface area (Å²) in [6.45, 7) is 7.24. The van der Waals surface area contributed by atoms with Crippen molar-refractivity contribution >= 4 is 23.3 Å². The summed E-state index contributed by atoms with van der Waals surface area (Å²) in [6, 6.07) is 4.99. The number of ether oxygens (including phenoxy) is 2. The van der Waals surface area contributed by atoms with Crippen LogP contribution in [0.25, 0.3) is 0 Å². The molecule has 0 aliphatic carbocycles. The number of carbonyl (C=O) groups excluding carboxylic acids is 3. The van der Waals surface area contributed by atoms with Gasteiger partial charge in [-0.1, -0.05) is 13.8 Å². The van der Waals surface area contributed by atoms with Gasteiger partial charge in [0.25, 0.3) is 5.91 Å². The average molecular weight is 347 g/mol. The van der Waals surface area contributed by atoms with Crippen LogP contribution >= 0.6 is 0 Å². The van der Waals surface area contributed by atoms with Crippen LogP contribution in [-0.2, 0) is 14.3 Å². The first-order chi connectivity index (χ1) is 11.8. The molecule has 6 nitrogen and oxygen atoms in total. The number of benzene rings is 1. The molecule has 0 saturated heterocycles. The van der Waals surface area contributed by atoms with E-state index in [0.29, 0.717) is 36.4 Å². The van der Waals surface area contributed by atoms with Crippen molar-refractivity contribution in [2.75, 3.05) is 18.1 Å². The molecule has 6 heteroatoms. The molecule has 1 amide bonds. The molecule has 0 aromatic heterocycles. The van der Waals surface area contributed by atoms with E-state index in [-0.39, 0.29) is 18.2 Å². The van der Waals surface area contributed by atoms with E-state index in [4.69, 9.17) is 9.47 Å². The highest BCUT2D eigenvalue weighted by Gasteiger charge is 2.42. The maximum Gasteiger partial charge on any atom is 0.326 e. The Morgan fingerprint density at radius 2 is 1.92 bits per heavy atom. The number of esters is 1. The average Bonchev–Trinajstić information content (AvgIpc) is 2.56. The van der Waals surface area contributed by atoms with Gasteiger partial charge in [-0.2, -0.15) is 0 Å².